The number of aromatic nitrogens is 5. The third-order valence-corrected chi connectivity index (χ3v) is 6.79. The van der Waals surface area contributed by atoms with Gasteiger partial charge in [0.2, 0.25) is 5.95 Å². The normalized spacial score (nSPS) is 14.8. The number of aryl methyl sites for hydroxylation is 1. The molecule has 0 radical (unpaired) electrons. The van der Waals surface area contributed by atoms with Crippen LogP contribution >= 0.6 is 11.6 Å². The van der Waals surface area contributed by atoms with Crippen LogP contribution in [0.3, 0.4) is 0 Å². The Hall–Kier alpha value is -4.14. The highest BCUT2D eigenvalue weighted by molar-refractivity contribution is 6.36. The number of hydrogen-bond acceptors (Lipinski definition) is 10. The molecule has 0 aliphatic carbocycles. The maximum atomic E-state index is 13.8. The summed E-state index contributed by atoms with van der Waals surface area (Å²) in [5.74, 6) is 1.18. The summed E-state index contributed by atoms with van der Waals surface area (Å²) in [6, 6.07) is 3.88. The summed E-state index contributed by atoms with van der Waals surface area (Å²) in [6.45, 7) is 2.74. The quantitative estimate of drug-likeness (QED) is 0.255. The van der Waals surface area contributed by atoms with Gasteiger partial charge in [-0.3, -0.25) is 4.90 Å². The summed E-state index contributed by atoms with van der Waals surface area (Å²) >= 11 is 6.69. The summed E-state index contributed by atoms with van der Waals surface area (Å²) in [4.78, 5) is 19.3. The number of fused-ring (bicyclic) bond motifs is 1. The molecule has 4 N–H and O–H groups in total. The number of ether oxygens (including phenoxy) is 2. The molecule has 0 atom stereocenters. The molecule has 1 aliphatic heterocycles. The molecular weight excluding hydrogens is 563 g/mol. The first-order valence-corrected chi connectivity index (χ1v) is 12.9. The third kappa shape index (κ3) is 6.29. The number of nitrogens with zero attached hydrogens (tertiary/aromatic N) is 6. The van der Waals surface area contributed by atoms with Crippen molar-refractivity contribution >= 4 is 46.0 Å². The van der Waals surface area contributed by atoms with Gasteiger partial charge in [-0.25, -0.2) is 15.0 Å². The van der Waals surface area contributed by atoms with Crippen molar-refractivity contribution in [3.8, 4) is 5.75 Å². The van der Waals surface area contributed by atoms with Gasteiger partial charge in [0.1, 0.15) is 22.1 Å². The van der Waals surface area contributed by atoms with Crippen molar-refractivity contribution in [1.29, 1.82) is 0 Å². The van der Waals surface area contributed by atoms with Gasteiger partial charge in [0.25, 0.3) is 0 Å². The van der Waals surface area contributed by atoms with Crippen molar-refractivity contribution in [3.05, 3.63) is 64.8 Å². The molecule has 0 bridgehead atoms. The molecule has 4 aromatic rings. The van der Waals surface area contributed by atoms with E-state index in [0.29, 0.717) is 55.4 Å². The zero-order valence-corrected chi connectivity index (χ0v) is 22.9. The number of benzene rings is 1. The predicted molar refractivity (Wildman–Crippen MR) is 149 cm³/mol. The first kappa shape index (κ1) is 28.4. The fourth-order valence-electron chi connectivity index (χ4n) is 4.34. The molecule has 1 fully saturated rings. The summed E-state index contributed by atoms with van der Waals surface area (Å²) < 4.78 is 54.1. The monoisotopic (exact) mass is 589 g/mol. The third-order valence-electron chi connectivity index (χ3n) is 6.42. The van der Waals surface area contributed by atoms with Crippen LogP contribution in [-0.4, -0.2) is 62.8 Å². The van der Waals surface area contributed by atoms with Crippen LogP contribution in [0.1, 0.15) is 16.8 Å². The predicted octanol–water partition coefficient (Wildman–Crippen LogP) is 4.38. The second-order valence-electron chi connectivity index (χ2n) is 9.20. The standard InChI is InChI=1S/C26H27ClF3N9O2/c1-32-21-13-33-18(11-34-21)19(10-31)41-20-12-35-24-23(22(20)27)38(2)25(37-24)36-17-8-15(7-16(9-17)26(28,29)30)14-39-3-5-40-6-4-39/h7-13H,3-6,14,31H2,1-2H3,(H,32,34)(H,35,36,37)/b19-10+. The SMILES string of the molecule is CNc1cnc(/C(=C\N)Oc2cnc3nc(Nc4cc(CN5CCOCC5)cc(C(F)(F)F)c4)n(C)c3c2Cl)cn1. The van der Waals surface area contributed by atoms with E-state index in [1.807, 2.05) is 4.90 Å². The van der Waals surface area contributed by atoms with E-state index in [-0.39, 0.29) is 33.8 Å². The Bertz CT molecular complexity index is 1570. The summed E-state index contributed by atoms with van der Waals surface area (Å²) in [5, 5.41) is 6.05. The molecular formula is C26H27ClF3N9O2. The van der Waals surface area contributed by atoms with Gasteiger partial charge in [-0.05, 0) is 23.8 Å². The molecule has 41 heavy (non-hydrogen) atoms. The fourth-order valence-corrected chi connectivity index (χ4v) is 4.63. The first-order valence-electron chi connectivity index (χ1n) is 12.6. The number of rotatable bonds is 8. The average molecular weight is 590 g/mol. The van der Waals surface area contributed by atoms with Crippen molar-refractivity contribution in [1.82, 2.24) is 29.4 Å². The minimum atomic E-state index is -4.52. The Morgan fingerprint density at radius 3 is 2.59 bits per heavy atom. The molecule has 0 saturated carbocycles. The van der Waals surface area contributed by atoms with E-state index < -0.39 is 11.7 Å². The Morgan fingerprint density at radius 1 is 1.15 bits per heavy atom. The lowest BCUT2D eigenvalue weighted by molar-refractivity contribution is -0.137. The molecule has 1 aromatic carbocycles. The van der Waals surface area contributed by atoms with E-state index in [4.69, 9.17) is 26.8 Å². The van der Waals surface area contributed by atoms with Gasteiger partial charge in [-0.15, -0.1) is 0 Å². The molecule has 0 amide bonds. The molecule has 1 saturated heterocycles. The maximum Gasteiger partial charge on any atom is 0.416 e. The second-order valence-corrected chi connectivity index (χ2v) is 9.58. The Kier molecular flexibility index (Phi) is 8.15. The first-order chi connectivity index (χ1) is 19.7. The summed E-state index contributed by atoms with van der Waals surface area (Å²) in [5.41, 5.74) is 6.79. The van der Waals surface area contributed by atoms with Crippen LogP contribution < -0.4 is 21.1 Å². The molecule has 3 aromatic heterocycles. The number of halogens is 4. The van der Waals surface area contributed by atoms with Gasteiger partial charge in [-0.2, -0.15) is 18.2 Å². The molecule has 11 nitrogen and oxygen atoms in total. The average Bonchev–Trinajstić information content (AvgIpc) is 3.28. The number of nitrogens with one attached hydrogen (secondary N) is 2. The second kappa shape index (κ2) is 11.8. The molecule has 0 spiro atoms. The van der Waals surface area contributed by atoms with Crippen LogP contribution in [0.25, 0.3) is 16.9 Å². The van der Waals surface area contributed by atoms with Crippen molar-refractivity contribution in [2.24, 2.45) is 12.8 Å². The van der Waals surface area contributed by atoms with E-state index in [9.17, 15) is 13.2 Å². The number of imidazole rings is 1. The number of nitrogens with two attached hydrogens (primary N) is 1. The fraction of sp³-hybridized carbons (Fsp3) is 0.308. The van der Waals surface area contributed by atoms with E-state index >= 15 is 0 Å². The van der Waals surface area contributed by atoms with E-state index in [1.54, 1.807) is 24.7 Å². The van der Waals surface area contributed by atoms with Crippen molar-refractivity contribution < 1.29 is 22.6 Å². The van der Waals surface area contributed by atoms with Crippen LogP contribution in [0.2, 0.25) is 5.02 Å². The molecule has 4 heterocycles. The van der Waals surface area contributed by atoms with Crippen LogP contribution in [-0.2, 0) is 24.5 Å². The Balaban J connectivity index is 1.43. The van der Waals surface area contributed by atoms with Crippen LogP contribution in [0, 0.1) is 0 Å². The zero-order valence-electron chi connectivity index (χ0n) is 22.2. The highest BCUT2D eigenvalue weighted by atomic mass is 35.5. The largest absolute Gasteiger partial charge is 0.450 e. The van der Waals surface area contributed by atoms with Gasteiger partial charge < -0.3 is 30.4 Å². The molecule has 15 heteroatoms. The molecule has 0 unspecified atom stereocenters. The van der Waals surface area contributed by atoms with Gasteiger partial charge in [-0.1, -0.05) is 11.6 Å². The lowest BCUT2D eigenvalue weighted by Crippen LogP contribution is -2.35. The number of morpholine rings is 1. The van der Waals surface area contributed by atoms with Gasteiger partial charge in [0.05, 0.1) is 37.4 Å². The summed E-state index contributed by atoms with van der Waals surface area (Å²) in [7, 11) is 3.38. The number of alkyl halides is 3. The smallest absolute Gasteiger partial charge is 0.416 e. The number of hydrogen-bond donors (Lipinski definition) is 3. The Morgan fingerprint density at radius 2 is 1.93 bits per heavy atom. The van der Waals surface area contributed by atoms with Gasteiger partial charge >= 0.3 is 6.18 Å². The van der Waals surface area contributed by atoms with Crippen molar-refractivity contribution in [2.75, 3.05) is 44.0 Å². The minimum Gasteiger partial charge on any atom is -0.450 e. The topological polar surface area (TPSA) is 128 Å². The number of pyridine rings is 1. The minimum absolute atomic E-state index is 0.175. The number of anilines is 3. The summed E-state index contributed by atoms with van der Waals surface area (Å²) in [6.07, 6.45) is 1.09. The van der Waals surface area contributed by atoms with E-state index in [1.165, 1.54) is 24.8 Å². The van der Waals surface area contributed by atoms with E-state index in [2.05, 4.69) is 30.6 Å². The molecule has 5 rings (SSSR count). The van der Waals surface area contributed by atoms with Gasteiger partial charge in [0.15, 0.2) is 17.2 Å². The highest BCUT2D eigenvalue weighted by Crippen LogP contribution is 2.36. The van der Waals surface area contributed by atoms with Crippen LogP contribution in [0.4, 0.5) is 30.6 Å². The molecule has 1 aliphatic rings. The van der Waals surface area contributed by atoms with Gasteiger partial charge in [0, 0.05) is 45.6 Å². The zero-order chi connectivity index (χ0) is 29.1. The Labute approximate surface area is 238 Å². The van der Waals surface area contributed by atoms with E-state index in [0.717, 1.165) is 12.1 Å². The highest BCUT2D eigenvalue weighted by Gasteiger charge is 2.31. The van der Waals surface area contributed by atoms with Crippen LogP contribution in [0.15, 0.2) is 43.0 Å². The van der Waals surface area contributed by atoms with Crippen molar-refractivity contribution in [2.45, 2.75) is 12.7 Å². The van der Waals surface area contributed by atoms with Crippen LogP contribution in [0.5, 0.6) is 5.75 Å². The lowest BCUT2D eigenvalue weighted by atomic mass is 10.1. The maximum absolute atomic E-state index is 13.8. The van der Waals surface area contributed by atoms with Crippen molar-refractivity contribution in [3.63, 3.8) is 0 Å². The molecule has 216 valence electrons. The lowest BCUT2D eigenvalue weighted by Gasteiger charge is -2.27.